The molecule has 1 saturated heterocycles. The smallest absolute Gasteiger partial charge is 0.167 e. The summed E-state index contributed by atoms with van der Waals surface area (Å²) < 4.78 is 11.0. The first-order chi connectivity index (χ1) is 12.6. The maximum Gasteiger partial charge on any atom is 0.167 e. The minimum absolute atomic E-state index is 0.0112. The van der Waals surface area contributed by atoms with Crippen LogP contribution in [0, 0.1) is 5.92 Å². The molecule has 1 fully saturated rings. The van der Waals surface area contributed by atoms with E-state index in [1.807, 2.05) is 30.3 Å². The van der Waals surface area contributed by atoms with E-state index < -0.39 is 0 Å². The Labute approximate surface area is 159 Å². The van der Waals surface area contributed by atoms with Gasteiger partial charge >= 0.3 is 0 Å². The summed E-state index contributed by atoms with van der Waals surface area (Å²) in [6, 6.07) is 13.0. The number of piperidine rings is 1. The van der Waals surface area contributed by atoms with Crippen molar-refractivity contribution in [1.29, 1.82) is 0 Å². The Bertz CT molecular complexity index is 755. The zero-order valence-corrected chi connectivity index (χ0v) is 16.0. The van der Waals surface area contributed by atoms with Crippen LogP contribution in [-0.4, -0.2) is 38.0 Å². The van der Waals surface area contributed by atoms with Gasteiger partial charge in [0.15, 0.2) is 5.78 Å². The SMILES string of the molecule is COc1cccc(OC)c1CN1CCC[C@@H](C(=O)c2cccc(Cl)c2)C1. The molecule has 0 radical (unpaired) electrons. The second kappa shape index (κ2) is 8.56. The number of hydrogen-bond donors (Lipinski definition) is 0. The van der Waals surface area contributed by atoms with Gasteiger partial charge in [-0.2, -0.15) is 0 Å². The van der Waals surface area contributed by atoms with Gasteiger partial charge in [-0.1, -0.05) is 29.8 Å². The highest BCUT2D eigenvalue weighted by atomic mass is 35.5. The molecule has 1 atom stereocenters. The van der Waals surface area contributed by atoms with E-state index in [1.165, 1.54) is 0 Å². The Morgan fingerprint density at radius 3 is 2.50 bits per heavy atom. The van der Waals surface area contributed by atoms with Crippen LogP contribution in [0.1, 0.15) is 28.8 Å². The fourth-order valence-electron chi connectivity index (χ4n) is 3.60. The lowest BCUT2D eigenvalue weighted by Crippen LogP contribution is -2.38. The summed E-state index contributed by atoms with van der Waals surface area (Å²) in [5, 5.41) is 0.599. The molecule has 0 bridgehead atoms. The largest absolute Gasteiger partial charge is 0.496 e. The number of ketones is 1. The molecule has 4 nitrogen and oxygen atoms in total. The van der Waals surface area contributed by atoms with E-state index in [1.54, 1.807) is 26.4 Å². The fourth-order valence-corrected chi connectivity index (χ4v) is 3.79. The van der Waals surface area contributed by atoms with Crippen molar-refractivity contribution in [3.05, 3.63) is 58.6 Å². The first-order valence-corrected chi connectivity index (χ1v) is 9.22. The number of likely N-dealkylation sites (tertiary alicyclic amines) is 1. The van der Waals surface area contributed by atoms with Gasteiger partial charge in [-0.05, 0) is 43.7 Å². The first kappa shape index (κ1) is 18.7. The third-order valence-electron chi connectivity index (χ3n) is 4.90. The van der Waals surface area contributed by atoms with Crippen molar-refractivity contribution in [3.8, 4) is 11.5 Å². The maximum atomic E-state index is 12.9. The van der Waals surface area contributed by atoms with Crippen LogP contribution in [-0.2, 0) is 6.54 Å². The van der Waals surface area contributed by atoms with Crippen molar-refractivity contribution in [1.82, 2.24) is 4.90 Å². The molecule has 2 aromatic carbocycles. The average molecular weight is 374 g/mol. The van der Waals surface area contributed by atoms with Crippen molar-refractivity contribution < 1.29 is 14.3 Å². The molecule has 3 rings (SSSR count). The standard InChI is InChI=1S/C21H24ClNO3/c1-25-19-9-4-10-20(26-2)18(19)14-23-11-5-7-16(13-23)21(24)15-6-3-8-17(22)12-15/h3-4,6,8-10,12,16H,5,7,11,13-14H2,1-2H3/t16-/m1/s1. The molecule has 26 heavy (non-hydrogen) atoms. The molecule has 138 valence electrons. The Morgan fingerprint density at radius 1 is 1.15 bits per heavy atom. The predicted octanol–water partition coefficient (Wildman–Crippen LogP) is 4.45. The molecular formula is C21H24ClNO3. The summed E-state index contributed by atoms with van der Waals surface area (Å²) in [5.41, 5.74) is 1.72. The monoisotopic (exact) mass is 373 g/mol. The van der Waals surface area contributed by atoms with Gasteiger partial charge in [-0.3, -0.25) is 9.69 Å². The summed E-state index contributed by atoms with van der Waals surface area (Å²) in [6.07, 6.45) is 1.90. The van der Waals surface area contributed by atoms with Crippen LogP contribution in [0.25, 0.3) is 0 Å². The summed E-state index contributed by atoms with van der Waals surface area (Å²) in [5.74, 6) is 1.78. The third kappa shape index (κ3) is 4.19. The van der Waals surface area contributed by atoms with E-state index in [2.05, 4.69) is 4.90 Å². The number of carbonyl (C=O) groups excluding carboxylic acids is 1. The van der Waals surface area contributed by atoms with E-state index >= 15 is 0 Å². The molecule has 0 aromatic heterocycles. The summed E-state index contributed by atoms with van der Waals surface area (Å²) in [7, 11) is 3.33. The van der Waals surface area contributed by atoms with Crippen molar-refractivity contribution in [2.75, 3.05) is 27.3 Å². The van der Waals surface area contributed by atoms with Crippen LogP contribution >= 0.6 is 11.6 Å². The number of Topliss-reactive ketones (excluding diaryl/α,β-unsaturated/α-hetero) is 1. The molecule has 0 spiro atoms. The Kier molecular flexibility index (Phi) is 6.17. The van der Waals surface area contributed by atoms with Gasteiger partial charge in [-0.15, -0.1) is 0 Å². The molecule has 0 unspecified atom stereocenters. The van der Waals surface area contributed by atoms with Crippen LogP contribution in [0.15, 0.2) is 42.5 Å². The van der Waals surface area contributed by atoms with E-state index in [9.17, 15) is 4.79 Å². The molecule has 1 aliphatic heterocycles. The number of ether oxygens (including phenoxy) is 2. The van der Waals surface area contributed by atoms with Crippen LogP contribution in [0.4, 0.5) is 0 Å². The quantitative estimate of drug-likeness (QED) is 0.701. The Morgan fingerprint density at radius 2 is 1.85 bits per heavy atom. The number of benzene rings is 2. The van der Waals surface area contributed by atoms with E-state index in [4.69, 9.17) is 21.1 Å². The van der Waals surface area contributed by atoms with E-state index in [0.29, 0.717) is 17.1 Å². The lowest BCUT2D eigenvalue weighted by Gasteiger charge is -2.32. The molecule has 2 aromatic rings. The van der Waals surface area contributed by atoms with Gasteiger partial charge in [-0.25, -0.2) is 0 Å². The number of halogens is 1. The van der Waals surface area contributed by atoms with Crippen molar-refractivity contribution >= 4 is 17.4 Å². The van der Waals surface area contributed by atoms with Crippen molar-refractivity contribution in [3.63, 3.8) is 0 Å². The second-order valence-electron chi connectivity index (χ2n) is 6.59. The lowest BCUT2D eigenvalue weighted by molar-refractivity contribution is 0.0810. The van der Waals surface area contributed by atoms with Gasteiger partial charge < -0.3 is 9.47 Å². The zero-order chi connectivity index (χ0) is 18.5. The fraction of sp³-hybridized carbons (Fsp3) is 0.381. The van der Waals surface area contributed by atoms with Crippen LogP contribution in [0.2, 0.25) is 5.02 Å². The third-order valence-corrected chi connectivity index (χ3v) is 5.13. The topological polar surface area (TPSA) is 38.8 Å². The van der Waals surface area contributed by atoms with Crippen molar-refractivity contribution in [2.24, 2.45) is 5.92 Å². The molecule has 1 aliphatic rings. The normalized spacial score (nSPS) is 17.7. The number of methoxy groups -OCH3 is 2. The first-order valence-electron chi connectivity index (χ1n) is 8.84. The molecule has 0 amide bonds. The van der Waals surface area contributed by atoms with Crippen LogP contribution < -0.4 is 9.47 Å². The highest BCUT2D eigenvalue weighted by Gasteiger charge is 2.27. The van der Waals surface area contributed by atoms with Crippen LogP contribution in [0.5, 0.6) is 11.5 Å². The maximum absolute atomic E-state index is 12.9. The predicted molar refractivity (Wildman–Crippen MR) is 103 cm³/mol. The highest BCUT2D eigenvalue weighted by Crippen LogP contribution is 2.31. The van der Waals surface area contributed by atoms with Gasteiger partial charge in [0.25, 0.3) is 0 Å². The van der Waals surface area contributed by atoms with Gasteiger partial charge in [0.1, 0.15) is 11.5 Å². The minimum atomic E-state index is -0.0112. The van der Waals surface area contributed by atoms with Gasteiger partial charge in [0.05, 0.1) is 19.8 Å². The molecule has 1 heterocycles. The van der Waals surface area contributed by atoms with E-state index in [0.717, 1.165) is 43.0 Å². The zero-order valence-electron chi connectivity index (χ0n) is 15.2. The highest BCUT2D eigenvalue weighted by molar-refractivity contribution is 6.31. The number of rotatable bonds is 6. The molecular weight excluding hydrogens is 350 g/mol. The lowest BCUT2D eigenvalue weighted by atomic mass is 9.89. The Hall–Kier alpha value is -2.04. The number of nitrogens with zero attached hydrogens (tertiary/aromatic N) is 1. The number of hydrogen-bond acceptors (Lipinski definition) is 4. The molecule has 0 N–H and O–H groups in total. The second-order valence-corrected chi connectivity index (χ2v) is 7.03. The summed E-state index contributed by atoms with van der Waals surface area (Å²) in [6.45, 7) is 2.39. The Balaban J connectivity index is 1.74. The number of carbonyl (C=O) groups is 1. The van der Waals surface area contributed by atoms with Crippen LogP contribution in [0.3, 0.4) is 0 Å². The van der Waals surface area contributed by atoms with Gasteiger partial charge in [0, 0.05) is 29.6 Å². The van der Waals surface area contributed by atoms with Crippen molar-refractivity contribution in [2.45, 2.75) is 19.4 Å². The van der Waals surface area contributed by atoms with Gasteiger partial charge in [0.2, 0.25) is 0 Å². The minimum Gasteiger partial charge on any atom is -0.496 e. The van der Waals surface area contributed by atoms with E-state index in [-0.39, 0.29) is 11.7 Å². The summed E-state index contributed by atoms with van der Waals surface area (Å²) >= 11 is 6.04. The molecule has 0 aliphatic carbocycles. The average Bonchev–Trinajstić information content (AvgIpc) is 2.67. The molecule has 0 saturated carbocycles. The summed E-state index contributed by atoms with van der Waals surface area (Å²) in [4.78, 5) is 15.2. The molecule has 5 heteroatoms.